The van der Waals surface area contributed by atoms with Crippen molar-refractivity contribution in [3.8, 4) is 0 Å². The zero-order valence-corrected chi connectivity index (χ0v) is 15.0. The molecule has 2 aliphatic carbocycles. The van der Waals surface area contributed by atoms with Crippen molar-refractivity contribution in [2.24, 2.45) is 23.5 Å². The molecule has 2 N–H and O–H groups in total. The molecule has 0 spiro atoms. The molecule has 2 bridgehead atoms. The van der Waals surface area contributed by atoms with E-state index in [1.54, 1.807) is 17.7 Å². The number of anilines is 1. The van der Waals surface area contributed by atoms with Crippen LogP contribution in [0.25, 0.3) is 10.2 Å². The lowest BCUT2D eigenvalue weighted by atomic mass is 9.84. The fourth-order valence-corrected chi connectivity index (χ4v) is 5.91. The predicted octanol–water partition coefficient (Wildman–Crippen LogP) is 1.71. The SMILES string of the molecule is NC1C2CCC(C2)C1C(=O)N1CCN(c2ncnc3ccsc23)CC1. The highest BCUT2D eigenvalue weighted by molar-refractivity contribution is 7.17. The minimum atomic E-state index is 0.0633. The second-order valence-electron chi connectivity index (χ2n) is 7.58. The highest BCUT2D eigenvalue weighted by Gasteiger charge is 2.50. The smallest absolute Gasteiger partial charge is 0.227 e. The van der Waals surface area contributed by atoms with E-state index in [4.69, 9.17) is 5.73 Å². The fraction of sp³-hybridized carbons (Fsp3) is 0.611. The van der Waals surface area contributed by atoms with Gasteiger partial charge in [-0.05, 0) is 42.5 Å². The third kappa shape index (κ3) is 2.44. The van der Waals surface area contributed by atoms with Crippen LogP contribution in [-0.4, -0.2) is 53.0 Å². The Morgan fingerprint density at radius 3 is 2.72 bits per heavy atom. The third-order valence-electron chi connectivity index (χ3n) is 6.38. The van der Waals surface area contributed by atoms with E-state index < -0.39 is 0 Å². The van der Waals surface area contributed by atoms with Gasteiger partial charge in [0, 0.05) is 32.2 Å². The molecule has 2 aromatic heterocycles. The van der Waals surface area contributed by atoms with Gasteiger partial charge in [0.15, 0.2) is 0 Å². The number of amides is 1. The highest BCUT2D eigenvalue weighted by Crippen LogP contribution is 2.48. The molecule has 1 saturated heterocycles. The van der Waals surface area contributed by atoms with Crippen LogP contribution in [-0.2, 0) is 4.79 Å². The lowest BCUT2D eigenvalue weighted by molar-refractivity contribution is -0.138. The van der Waals surface area contributed by atoms with E-state index in [0.717, 1.165) is 48.6 Å². The molecule has 3 fully saturated rings. The summed E-state index contributed by atoms with van der Waals surface area (Å²) in [4.78, 5) is 26.1. The van der Waals surface area contributed by atoms with Gasteiger partial charge >= 0.3 is 0 Å². The van der Waals surface area contributed by atoms with E-state index in [0.29, 0.717) is 17.7 Å². The van der Waals surface area contributed by atoms with Crippen molar-refractivity contribution in [1.82, 2.24) is 14.9 Å². The highest BCUT2D eigenvalue weighted by atomic mass is 32.1. The van der Waals surface area contributed by atoms with Crippen LogP contribution in [0.4, 0.5) is 5.82 Å². The Bertz CT molecular complexity index is 798. The number of rotatable bonds is 2. The zero-order valence-electron chi connectivity index (χ0n) is 14.2. The summed E-state index contributed by atoms with van der Waals surface area (Å²) in [6.07, 6.45) is 5.20. The Kier molecular flexibility index (Phi) is 3.67. The van der Waals surface area contributed by atoms with Gasteiger partial charge in [0.2, 0.25) is 5.91 Å². The molecule has 2 saturated carbocycles. The number of nitrogens with two attached hydrogens (primary N) is 1. The Hall–Kier alpha value is -1.73. The summed E-state index contributed by atoms with van der Waals surface area (Å²) < 4.78 is 1.14. The van der Waals surface area contributed by atoms with Crippen LogP contribution in [0.2, 0.25) is 0 Å². The molecule has 5 rings (SSSR count). The molecule has 1 amide bonds. The van der Waals surface area contributed by atoms with Crippen LogP contribution in [0.1, 0.15) is 19.3 Å². The Labute approximate surface area is 151 Å². The van der Waals surface area contributed by atoms with Gasteiger partial charge in [-0.15, -0.1) is 11.3 Å². The molecule has 4 atom stereocenters. The topological polar surface area (TPSA) is 75.4 Å². The van der Waals surface area contributed by atoms with Gasteiger partial charge in [-0.2, -0.15) is 0 Å². The molecule has 25 heavy (non-hydrogen) atoms. The van der Waals surface area contributed by atoms with E-state index in [9.17, 15) is 4.79 Å². The quantitative estimate of drug-likeness (QED) is 0.886. The summed E-state index contributed by atoms with van der Waals surface area (Å²) in [6.45, 7) is 3.17. The third-order valence-corrected chi connectivity index (χ3v) is 7.28. The minimum Gasteiger partial charge on any atom is -0.352 e. The molecule has 7 heteroatoms. The first-order chi connectivity index (χ1) is 12.2. The first-order valence-corrected chi connectivity index (χ1v) is 10.1. The van der Waals surface area contributed by atoms with Crippen LogP contribution in [0.5, 0.6) is 0 Å². The Morgan fingerprint density at radius 2 is 1.96 bits per heavy atom. The monoisotopic (exact) mass is 357 g/mol. The normalized spacial score (nSPS) is 31.9. The van der Waals surface area contributed by atoms with E-state index in [1.807, 2.05) is 11.0 Å². The van der Waals surface area contributed by atoms with Gasteiger partial charge < -0.3 is 15.5 Å². The number of nitrogens with zero attached hydrogens (tertiary/aromatic N) is 4. The summed E-state index contributed by atoms with van der Waals surface area (Å²) in [5.41, 5.74) is 7.37. The average molecular weight is 357 g/mol. The number of hydrogen-bond acceptors (Lipinski definition) is 6. The van der Waals surface area contributed by atoms with E-state index in [1.165, 1.54) is 12.8 Å². The molecule has 3 aliphatic rings. The van der Waals surface area contributed by atoms with Gasteiger partial charge in [-0.3, -0.25) is 4.79 Å². The molecule has 3 heterocycles. The zero-order chi connectivity index (χ0) is 17.0. The van der Waals surface area contributed by atoms with Gasteiger partial charge in [0.25, 0.3) is 0 Å². The van der Waals surface area contributed by atoms with Crippen LogP contribution in [0.15, 0.2) is 17.8 Å². The van der Waals surface area contributed by atoms with Crippen molar-refractivity contribution in [2.75, 3.05) is 31.1 Å². The molecule has 132 valence electrons. The maximum absolute atomic E-state index is 13.0. The molecular weight excluding hydrogens is 334 g/mol. The Balaban J connectivity index is 1.29. The van der Waals surface area contributed by atoms with Gasteiger partial charge in [0.1, 0.15) is 12.1 Å². The molecular formula is C18H23N5OS. The standard InChI is InChI=1S/C18H23N5OS/c19-15-12-2-1-11(9-12)14(15)18(24)23-6-4-22(5-7-23)17-16-13(3-8-25-16)20-10-21-17/h3,8,10-12,14-15H,1-2,4-7,9,19H2. The first-order valence-electron chi connectivity index (χ1n) is 9.20. The molecule has 2 aromatic rings. The largest absolute Gasteiger partial charge is 0.352 e. The maximum Gasteiger partial charge on any atom is 0.227 e. The fourth-order valence-electron chi connectivity index (χ4n) is 5.05. The number of piperazine rings is 1. The van der Waals surface area contributed by atoms with Gasteiger partial charge in [0.05, 0.1) is 16.1 Å². The van der Waals surface area contributed by atoms with Crippen molar-refractivity contribution in [1.29, 1.82) is 0 Å². The summed E-state index contributed by atoms with van der Waals surface area (Å²) in [5.74, 6) is 2.46. The van der Waals surface area contributed by atoms with Crippen molar-refractivity contribution < 1.29 is 4.79 Å². The van der Waals surface area contributed by atoms with Crippen LogP contribution < -0.4 is 10.6 Å². The molecule has 0 radical (unpaired) electrons. The summed E-state index contributed by atoms with van der Waals surface area (Å²) in [7, 11) is 0. The number of carbonyl (C=O) groups is 1. The van der Waals surface area contributed by atoms with E-state index in [-0.39, 0.29) is 12.0 Å². The number of fused-ring (bicyclic) bond motifs is 3. The van der Waals surface area contributed by atoms with Crippen molar-refractivity contribution in [2.45, 2.75) is 25.3 Å². The summed E-state index contributed by atoms with van der Waals surface area (Å²) in [5, 5.41) is 2.05. The summed E-state index contributed by atoms with van der Waals surface area (Å²) in [6, 6.07) is 2.11. The predicted molar refractivity (Wildman–Crippen MR) is 98.5 cm³/mol. The van der Waals surface area contributed by atoms with Crippen molar-refractivity contribution in [3.05, 3.63) is 17.8 Å². The second-order valence-corrected chi connectivity index (χ2v) is 8.50. The lowest BCUT2D eigenvalue weighted by Crippen LogP contribution is -2.54. The first kappa shape index (κ1) is 15.5. The van der Waals surface area contributed by atoms with Crippen molar-refractivity contribution in [3.63, 3.8) is 0 Å². The van der Waals surface area contributed by atoms with E-state index >= 15 is 0 Å². The second kappa shape index (κ2) is 5.92. The average Bonchev–Trinajstić information content (AvgIpc) is 3.36. The van der Waals surface area contributed by atoms with Crippen LogP contribution in [0, 0.1) is 17.8 Å². The molecule has 0 aromatic carbocycles. The minimum absolute atomic E-state index is 0.0633. The number of aromatic nitrogens is 2. The van der Waals surface area contributed by atoms with Crippen molar-refractivity contribution >= 4 is 33.3 Å². The van der Waals surface area contributed by atoms with E-state index in [2.05, 4.69) is 20.2 Å². The summed E-state index contributed by atoms with van der Waals surface area (Å²) >= 11 is 1.68. The lowest BCUT2D eigenvalue weighted by Gasteiger charge is -2.39. The molecule has 6 nitrogen and oxygen atoms in total. The van der Waals surface area contributed by atoms with Crippen LogP contribution >= 0.6 is 11.3 Å². The van der Waals surface area contributed by atoms with Gasteiger partial charge in [-0.25, -0.2) is 9.97 Å². The van der Waals surface area contributed by atoms with Gasteiger partial charge in [-0.1, -0.05) is 0 Å². The van der Waals surface area contributed by atoms with Crippen LogP contribution in [0.3, 0.4) is 0 Å². The molecule has 1 aliphatic heterocycles. The molecule has 4 unspecified atom stereocenters. The number of thiophene rings is 1. The number of hydrogen-bond donors (Lipinski definition) is 1. The Morgan fingerprint density at radius 1 is 1.16 bits per heavy atom. The maximum atomic E-state index is 13.0. The number of carbonyl (C=O) groups excluding carboxylic acids is 1.